The molecule has 0 saturated heterocycles. The van der Waals surface area contributed by atoms with Crippen molar-refractivity contribution in [2.45, 2.75) is 11.3 Å². The number of rotatable bonds is 5. The molecular weight excluding hydrogens is 276 g/mol. The van der Waals surface area contributed by atoms with Gasteiger partial charge in [-0.15, -0.1) is 0 Å². The molecule has 106 valence electrons. The maximum atomic E-state index is 11.2. The third-order valence-electron chi connectivity index (χ3n) is 2.77. The molecule has 2 aromatic rings. The maximum Gasteiger partial charge on any atom is 0.238 e. The number of hydrogen-bond donors (Lipinski definition) is 3. The Kier molecular flexibility index (Phi) is 4.21. The Morgan fingerprint density at radius 1 is 1.20 bits per heavy atom. The number of sulfonamides is 1. The second kappa shape index (κ2) is 5.89. The van der Waals surface area contributed by atoms with E-state index in [1.54, 1.807) is 12.3 Å². The lowest BCUT2D eigenvalue weighted by atomic mass is 10.2. The number of benzene rings is 1. The average molecular weight is 292 g/mol. The van der Waals surface area contributed by atoms with Crippen LogP contribution in [0.15, 0.2) is 47.5 Å². The van der Waals surface area contributed by atoms with E-state index in [0.29, 0.717) is 17.9 Å². The van der Waals surface area contributed by atoms with Gasteiger partial charge in [0.1, 0.15) is 0 Å². The summed E-state index contributed by atoms with van der Waals surface area (Å²) in [5.74, 6) is 0. The highest BCUT2D eigenvalue weighted by atomic mass is 32.2. The highest BCUT2D eigenvalue weighted by Gasteiger charge is 2.09. The summed E-state index contributed by atoms with van der Waals surface area (Å²) in [5.41, 5.74) is 7.79. The standard InChI is InChI=1S/C13H16N4O2S/c14-12-9-11(20(15,18)19)4-5-13(12)17-8-6-10-3-1-2-7-16-10/h1-5,7,9,17H,6,8,14H2,(H2,15,18,19). The van der Waals surface area contributed by atoms with E-state index in [-0.39, 0.29) is 4.90 Å². The maximum absolute atomic E-state index is 11.2. The molecule has 0 aliphatic heterocycles. The van der Waals surface area contributed by atoms with Gasteiger partial charge in [0.15, 0.2) is 0 Å². The quantitative estimate of drug-likeness (QED) is 0.711. The molecule has 0 saturated carbocycles. The summed E-state index contributed by atoms with van der Waals surface area (Å²) >= 11 is 0. The summed E-state index contributed by atoms with van der Waals surface area (Å²) in [7, 11) is -3.72. The molecule has 0 unspecified atom stereocenters. The van der Waals surface area contributed by atoms with Crippen LogP contribution in [0.25, 0.3) is 0 Å². The summed E-state index contributed by atoms with van der Waals surface area (Å²) in [6, 6.07) is 10.1. The number of nitrogen functional groups attached to an aromatic ring is 1. The van der Waals surface area contributed by atoms with Gasteiger partial charge < -0.3 is 11.1 Å². The van der Waals surface area contributed by atoms with E-state index in [9.17, 15) is 8.42 Å². The third kappa shape index (κ3) is 3.69. The summed E-state index contributed by atoms with van der Waals surface area (Å²) in [6.45, 7) is 0.649. The Balaban J connectivity index is 2.00. The van der Waals surface area contributed by atoms with Gasteiger partial charge in [0, 0.05) is 24.9 Å². The van der Waals surface area contributed by atoms with Crippen LogP contribution >= 0.6 is 0 Å². The summed E-state index contributed by atoms with van der Waals surface area (Å²) in [6.07, 6.45) is 2.49. The lowest BCUT2D eigenvalue weighted by molar-refractivity contribution is 0.598. The molecule has 0 atom stereocenters. The SMILES string of the molecule is Nc1cc(S(N)(=O)=O)ccc1NCCc1ccccn1. The summed E-state index contributed by atoms with van der Waals surface area (Å²) in [4.78, 5) is 4.22. The van der Waals surface area contributed by atoms with E-state index in [2.05, 4.69) is 10.3 Å². The molecule has 1 heterocycles. The van der Waals surface area contributed by atoms with Crippen molar-refractivity contribution in [1.82, 2.24) is 4.98 Å². The fourth-order valence-electron chi connectivity index (χ4n) is 1.75. The highest BCUT2D eigenvalue weighted by Crippen LogP contribution is 2.21. The van der Waals surface area contributed by atoms with Gasteiger partial charge in [-0.1, -0.05) is 6.07 Å². The van der Waals surface area contributed by atoms with Crippen molar-refractivity contribution >= 4 is 21.4 Å². The van der Waals surface area contributed by atoms with Crippen LogP contribution in [0.2, 0.25) is 0 Å². The molecule has 0 aliphatic rings. The molecule has 5 N–H and O–H groups in total. The highest BCUT2D eigenvalue weighted by molar-refractivity contribution is 7.89. The van der Waals surface area contributed by atoms with E-state index in [0.717, 1.165) is 12.1 Å². The molecule has 1 aromatic heterocycles. The van der Waals surface area contributed by atoms with Crippen LogP contribution in [0.1, 0.15) is 5.69 Å². The lowest BCUT2D eigenvalue weighted by Crippen LogP contribution is -2.13. The smallest absolute Gasteiger partial charge is 0.238 e. The van der Waals surface area contributed by atoms with Crippen molar-refractivity contribution in [2.24, 2.45) is 5.14 Å². The fraction of sp³-hybridized carbons (Fsp3) is 0.154. The molecule has 20 heavy (non-hydrogen) atoms. The molecule has 0 spiro atoms. The Labute approximate surface area is 117 Å². The van der Waals surface area contributed by atoms with Gasteiger partial charge in [0.05, 0.1) is 16.3 Å². The monoisotopic (exact) mass is 292 g/mol. The zero-order valence-electron chi connectivity index (χ0n) is 10.8. The Hall–Kier alpha value is -2.12. The van der Waals surface area contributed by atoms with Crippen LogP contribution in [0, 0.1) is 0 Å². The Morgan fingerprint density at radius 3 is 2.60 bits per heavy atom. The number of anilines is 2. The van der Waals surface area contributed by atoms with Gasteiger partial charge >= 0.3 is 0 Å². The molecule has 0 amide bonds. The van der Waals surface area contributed by atoms with E-state index < -0.39 is 10.0 Å². The molecule has 2 rings (SSSR count). The average Bonchev–Trinajstić information content (AvgIpc) is 2.40. The van der Waals surface area contributed by atoms with Gasteiger partial charge in [0.2, 0.25) is 10.0 Å². The summed E-state index contributed by atoms with van der Waals surface area (Å²) in [5, 5.41) is 8.18. The number of hydrogen-bond acceptors (Lipinski definition) is 5. The largest absolute Gasteiger partial charge is 0.397 e. The minimum Gasteiger partial charge on any atom is -0.397 e. The van der Waals surface area contributed by atoms with E-state index in [1.165, 1.54) is 12.1 Å². The van der Waals surface area contributed by atoms with Crippen LogP contribution in [-0.4, -0.2) is 19.9 Å². The second-order valence-corrected chi connectivity index (χ2v) is 5.85. The van der Waals surface area contributed by atoms with E-state index >= 15 is 0 Å². The molecule has 0 radical (unpaired) electrons. The van der Waals surface area contributed by atoms with Gasteiger partial charge in [-0.2, -0.15) is 0 Å². The van der Waals surface area contributed by atoms with Crippen molar-refractivity contribution in [2.75, 3.05) is 17.6 Å². The minimum absolute atomic E-state index is 0.00489. The fourth-order valence-corrected chi connectivity index (χ4v) is 2.30. The predicted molar refractivity (Wildman–Crippen MR) is 78.7 cm³/mol. The molecule has 0 fully saturated rings. The van der Waals surface area contributed by atoms with Gasteiger partial charge in [-0.3, -0.25) is 4.98 Å². The molecular formula is C13H16N4O2S. The molecule has 6 nitrogen and oxygen atoms in total. The van der Waals surface area contributed by atoms with E-state index in [1.807, 2.05) is 18.2 Å². The number of aromatic nitrogens is 1. The van der Waals surface area contributed by atoms with Gasteiger partial charge in [-0.05, 0) is 30.3 Å². The normalized spacial score (nSPS) is 11.2. The Morgan fingerprint density at radius 2 is 2.00 bits per heavy atom. The van der Waals surface area contributed by atoms with Crippen molar-refractivity contribution in [3.8, 4) is 0 Å². The summed E-state index contributed by atoms with van der Waals surface area (Å²) < 4.78 is 22.4. The number of pyridine rings is 1. The number of nitrogens with zero attached hydrogens (tertiary/aromatic N) is 1. The predicted octanol–water partition coefficient (Wildman–Crippen LogP) is 0.966. The van der Waals surface area contributed by atoms with Crippen LogP contribution in [0.4, 0.5) is 11.4 Å². The first kappa shape index (κ1) is 14.3. The molecule has 7 heteroatoms. The van der Waals surface area contributed by atoms with Gasteiger partial charge in [-0.25, -0.2) is 13.6 Å². The Bertz CT molecular complexity index is 687. The van der Waals surface area contributed by atoms with Crippen molar-refractivity contribution < 1.29 is 8.42 Å². The first-order valence-corrected chi connectivity index (χ1v) is 7.57. The topological polar surface area (TPSA) is 111 Å². The van der Waals surface area contributed by atoms with Crippen molar-refractivity contribution in [1.29, 1.82) is 0 Å². The van der Waals surface area contributed by atoms with Crippen LogP contribution in [0.3, 0.4) is 0 Å². The zero-order valence-corrected chi connectivity index (χ0v) is 11.6. The van der Waals surface area contributed by atoms with Crippen molar-refractivity contribution in [3.63, 3.8) is 0 Å². The third-order valence-corrected chi connectivity index (χ3v) is 3.69. The second-order valence-electron chi connectivity index (χ2n) is 4.29. The molecule has 0 aliphatic carbocycles. The number of nitrogens with two attached hydrogens (primary N) is 2. The number of primary sulfonamides is 1. The van der Waals surface area contributed by atoms with Crippen molar-refractivity contribution in [3.05, 3.63) is 48.3 Å². The molecule has 1 aromatic carbocycles. The van der Waals surface area contributed by atoms with Crippen LogP contribution in [0.5, 0.6) is 0 Å². The number of nitrogens with one attached hydrogen (secondary N) is 1. The first-order valence-electron chi connectivity index (χ1n) is 6.03. The first-order chi connectivity index (χ1) is 9.47. The minimum atomic E-state index is -3.72. The van der Waals surface area contributed by atoms with E-state index in [4.69, 9.17) is 10.9 Å². The zero-order chi connectivity index (χ0) is 14.6. The lowest BCUT2D eigenvalue weighted by Gasteiger charge is -2.10. The van der Waals surface area contributed by atoms with Gasteiger partial charge in [0.25, 0.3) is 0 Å². The van der Waals surface area contributed by atoms with Crippen LogP contribution < -0.4 is 16.2 Å². The molecule has 0 bridgehead atoms. The van der Waals surface area contributed by atoms with Crippen LogP contribution in [-0.2, 0) is 16.4 Å².